The van der Waals surface area contributed by atoms with E-state index in [1.807, 2.05) is 125 Å². The number of carbonyl (C=O) groups is 3. The number of aromatic carboxylic acids is 1. The van der Waals surface area contributed by atoms with Gasteiger partial charge in [0.05, 0.1) is 18.0 Å². The Labute approximate surface area is 785 Å². The lowest BCUT2D eigenvalue weighted by molar-refractivity contribution is -0.291. The van der Waals surface area contributed by atoms with Gasteiger partial charge in [0.25, 0.3) is 0 Å². The van der Waals surface area contributed by atoms with Gasteiger partial charge < -0.3 is 28.9 Å². The molecule has 8 aromatic heterocycles. The highest BCUT2D eigenvalue weighted by Gasteiger charge is 2.64. The predicted octanol–water partition coefficient (Wildman–Crippen LogP) is 20.5. The smallest absolute Gasteiger partial charge is 0.459 e. The molecule has 140 heavy (non-hydrogen) atoms. The fourth-order valence-electron chi connectivity index (χ4n) is 15.5. The van der Waals surface area contributed by atoms with Crippen LogP contribution in [0.4, 0.5) is 65.9 Å². The van der Waals surface area contributed by atoms with Crippen molar-refractivity contribution in [2.24, 2.45) is 0 Å². The number of ketones is 1. The molecule has 0 bridgehead atoms. The average Bonchev–Trinajstić information content (AvgIpc) is 1.60. The normalized spacial score (nSPS) is 11.9. The van der Waals surface area contributed by atoms with Gasteiger partial charge in [-0.2, -0.15) is 86.7 Å². The molecule has 8 heterocycles. The first kappa shape index (κ1) is 99.8. The summed E-state index contributed by atoms with van der Waals surface area (Å²) in [7, 11) is 0. The van der Waals surface area contributed by atoms with Gasteiger partial charge in [-0.3, -0.25) is 9.59 Å². The first-order valence-corrected chi connectivity index (χ1v) is 43.4. The molecule has 29 nitrogen and oxygen atoms in total. The number of aromatic nitrogens is 24. The van der Waals surface area contributed by atoms with E-state index in [1.165, 1.54) is 4.57 Å². The predicted molar refractivity (Wildman–Crippen MR) is 480 cm³/mol. The molecule has 0 aliphatic heterocycles. The molecule has 0 amide bonds. The van der Waals surface area contributed by atoms with Crippen molar-refractivity contribution in [2.45, 2.75) is 148 Å². The van der Waals surface area contributed by atoms with E-state index in [-0.39, 0.29) is 49.8 Å². The zero-order chi connectivity index (χ0) is 99.9. The second-order valence-electron chi connectivity index (χ2n) is 31.7. The van der Waals surface area contributed by atoms with Crippen LogP contribution in [0, 0.1) is 0 Å². The number of hydrogen-bond donors (Lipinski definition) is 7. The maximum Gasteiger partial charge on any atom is 0.459 e. The number of aliphatic hydroxyl groups is 1. The highest BCUT2D eigenvalue weighted by molar-refractivity contribution is 5.97. The van der Waals surface area contributed by atoms with Crippen molar-refractivity contribution in [1.82, 2.24) is 121 Å². The lowest BCUT2D eigenvalue weighted by Crippen LogP contribution is -2.35. The van der Waals surface area contributed by atoms with Crippen LogP contribution in [-0.4, -0.2) is 168 Å². The minimum atomic E-state index is -5.99. The number of rotatable bonds is 32. The fourth-order valence-corrected chi connectivity index (χ4v) is 15.5. The Balaban J connectivity index is 0.000000149. The Bertz CT molecular complexity index is 7030. The van der Waals surface area contributed by atoms with Crippen molar-refractivity contribution in [3.8, 4) is 101 Å². The number of nitrogens with one attached hydrogen (secondary N) is 5. The maximum atomic E-state index is 14.2. The molecule has 0 saturated carbocycles. The van der Waals surface area contributed by atoms with Gasteiger partial charge in [0, 0.05) is 79.6 Å². The van der Waals surface area contributed by atoms with E-state index in [4.69, 9.17) is 4.98 Å². The zero-order valence-electron chi connectivity index (χ0n) is 74.4. The van der Waals surface area contributed by atoms with E-state index >= 15 is 0 Å². The number of carboxylic acids is 1. The van der Waals surface area contributed by atoms with Crippen molar-refractivity contribution in [2.75, 3.05) is 0 Å². The summed E-state index contributed by atoms with van der Waals surface area (Å²) >= 11 is 0. The number of aromatic amines is 5. The summed E-state index contributed by atoms with van der Waals surface area (Å²) in [4.78, 5) is 54.5. The van der Waals surface area contributed by atoms with Gasteiger partial charge in [0.1, 0.15) is 46.1 Å². The molecule has 0 atom stereocenters. The van der Waals surface area contributed by atoms with Gasteiger partial charge in [0.15, 0.2) is 23.5 Å². The van der Waals surface area contributed by atoms with Crippen LogP contribution in [0.3, 0.4) is 0 Å². The van der Waals surface area contributed by atoms with E-state index in [0.29, 0.717) is 82.6 Å². The van der Waals surface area contributed by atoms with E-state index in [1.54, 1.807) is 106 Å². The SMILES string of the molecule is CCCc1nc(-c2ccccc2)c(C=O)n1Cc1ccc(-c2ccccc2-c2nn[nH]n2)cc1.CCCc1nc(C(=O)Cc2ccc(-c3ccccc3-c3nn[nH]n3)cc2)c(C(F)(F)C(F)(F)F)[nH]1.CCCc1nc(C(F)(F)C(F)(F)F)c(C(=O)O)n1Cc1ccc(-c2ccccc2-c2nn[nH]n2)cc1.CCCc1nc(C(F)(F)C(F)(F)F)c(CO)n1Cc1ccc(-c2ccccc2-c2nn[nH]n2)cc1. The van der Waals surface area contributed by atoms with Crippen LogP contribution in [0.15, 0.2) is 224 Å². The standard InChI is InChI=1S/C27H24N6O.C23H19F5N6O2.C23H21F5N6O.C23H19F5N6O/c1-2-8-25-28-26(21-9-4-3-5-10-21)24(18-34)33(25)17-19-13-15-20(16-14-19)22-11-6-7-12-23(22)27-29-31-32-30-27;1-2-5-17-29-19(22(24,25)23(26,27)28)18(21(35)36)34(17)12-13-8-10-14(11-9-13)15-6-3-4-7-16(15)20-30-32-33-31-20;1-2-5-19-29-20(22(24,25)23(26,27)28)18(13-35)34(19)12-14-8-10-15(11-9-14)16-6-3-4-7-17(16)21-30-32-33-31-21;1-2-5-18-29-19(20(30-18)22(24,25)23(26,27)28)17(35)12-13-8-10-14(11-9-13)15-6-3-4-7-16(15)21-31-33-34-32-21/h3-7,9-16,18H,2,8,17H2,1H3,(H,29,30,31,32);3-4,6-11H,2,5,12H2,1H3,(H,35,36)(H,30,31,32,33);3-4,6-11,35H,2,5,12-13H2,1H3,(H,30,31,32,33);3-4,6-11H,2,5,12H2,1H3,(H,29,30)(H,31,32,33,34). The van der Waals surface area contributed by atoms with Gasteiger partial charge in [-0.05, 0) is 113 Å². The van der Waals surface area contributed by atoms with Crippen LogP contribution in [-0.2, 0) is 76.1 Å². The molecule has 0 aliphatic carbocycles. The number of imidazole rings is 4. The molecule has 0 spiro atoms. The van der Waals surface area contributed by atoms with E-state index in [0.717, 1.165) is 102 Å². The van der Waals surface area contributed by atoms with Gasteiger partial charge in [-0.1, -0.05) is 252 Å². The number of aliphatic hydroxyl groups excluding tert-OH is 1. The van der Waals surface area contributed by atoms with Crippen LogP contribution in [0.25, 0.3) is 101 Å². The van der Waals surface area contributed by atoms with Crippen molar-refractivity contribution in [3.63, 3.8) is 0 Å². The Morgan fingerprint density at radius 1 is 0.364 bits per heavy atom. The fraction of sp³-hybridized carbons (Fsp3) is 0.240. The number of nitrogens with zero attached hydrogens (tertiary/aromatic N) is 19. The van der Waals surface area contributed by atoms with Gasteiger partial charge >= 0.3 is 42.3 Å². The molecule has 9 aromatic carbocycles. The highest BCUT2D eigenvalue weighted by atomic mass is 19.4. The number of hydrogen-bond acceptors (Lipinski definition) is 20. The number of aryl methyl sites for hydroxylation is 4. The number of Topliss-reactive ketones (excluding diaryl/α,β-unsaturated/α-hetero) is 1. The molecule has 0 saturated heterocycles. The van der Waals surface area contributed by atoms with Crippen molar-refractivity contribution in [1.29, 1.82) is 0 Å². The molecule has 722 valence electrons. The number of H-pyrrole nitrogens is 5. The number of carbonyl (C=O) groups excluding carboxylic acids is 2. The molecule has 0 fully saturated rings. The maximum absolute atomic E-state index is 14.2. The molecule has 44 heteroatoms. The first-order chi connectivity index (χ1) is 67.1. The topological polar surface area (TPSA) is 392 Å². The number of aldehydes is 1. The van der Waals surface area contributed by atoms with E-state index in [9.17, 15) is 90.5 Å². The number of alkyl halides is 15. The lowest BCUT2D eigenvalue weighted by atomic mass is 9.97. The molecule has 0 aliphatic rings. The Morgan fingerprint density at radius 2 is 0.693 bits per heavy atom. The second-order valence-corrected chi connectivity index (χ2v) is 31.7. The first-order valence-electron chi connectivity index (χ1n) is 43.4. The lowest BCUT2D eigenvalue weighted by Gasteiger charge is -2.19. The van der Waals surface area contributed by atoms with Crippen LogP contribution in [0.2, 0.25) is 0 Å². The Kier molecular flexibility index (Phi) is 30.7. The molecular formula is C96H83F15N24O5. The zero-order valence-corrected chi connectivity index (χ0v) is 74.4. The van der Waals surface area contributed by atoms with Crippen LogP contribution in [0.1, 0.15) is 153 Å². The van der Waals surface area contributed by atoms with Crippen LogP contribution in [0.5, 0.6) is 0 Å². The third-order valence-electron chi connectivity index (χ3n) is 22.2. The summed E-state index contributed by atoms with van der Waals surface area (Å²) in [6.07, 6.45) is -13.8. The van der Waals surface area contributed by atoms with Crippen LogP contribution >= 0.6 is 0 Å². The van der Waals surface area contributed by atoms with E-state index in [2.05, 4.69) is 129 Å². The summed E-state index contributed by atoms with van der Waals surface area (Å²) in [6.45, 7) is 6.56. The number of benzene rings is 9. The Hall–Kier alpha value is -16.2. The quantitative estimate of drug-likeness (QED) is 0.0117. The molecule has 7 N–H and O–H groups in total. The van der Waals surface area contributed by atoms with Crippen molar-refractivity contribution in [3.05, 3.63) is 310 Å². The van der Waals surface area contributed by atoms with Crippen molar-refractivity contribution < 1.29 is 90.5 Å². The largest absolute Gasteiger partial charge is 0.477 e. The van der Waals surface area contributed by atoms with Gasteiger partial charge in [0.2, 0.25) is 23.3 Å². The highest BCUT2D eigenvalue weighted by Crippen LogP contribution is 2.49. The number of tetrazole rings is 4. The summed E-state index contributed by atoms with van der Waals surface area (Å²) in [5.41, 5.74) is 7.41. The molecular weight excluding hydrogens is 1850 g/mol. The summed E-state index contributed by atoms with van der Waals surface area (Å²) in [6, 6.07) is 68.6. The summed E-state index contributed by atoms with van der Waals surface area (Å²) in [5.74, 6) is -16.2. The molecule has 17 rings (SSSR count). The summed E-state index contributed by atoms with van der Waals surface area (Å²) in [5, 5.41) is 75.6. The van der Waals surface area contributed by atoms with Gasteiger partial charge in [-0.25, -0.2) is 24.7 Å². The van der Waals surface area contributed by atoms with Crippen molar-refractivity contribution >= 4 is 18.0 Å². The van der Waals surface area contributed by atoms with Crippen LogP contribution < -0.4 is 0 Å². The minimum Gasteiger partial charge on any atom is -0.477 e. The molecule has 0 radical (unpaired) electrons. The third kappa shape index (κ3) is 21.9. The Morgan fingerprint density at radius 3 is 1.04 bits per heavy atom. The van der Waals surface area contributed by atoms with E-state index < -0.39 is 95.2 Å². The second kappa shape index (κ2) is 43.0. The molecule has 17 aromatic rings. The summed E-state index contributed by atoms with van der Waals surface area (Å²) < 4.78 is 206. The monoisotopic (exact) mass is 1940 g/mol. The minimum absolute atomic E-state index is 0.0182. The third-order valence-corrected chi connectivity index (χ3v) is 22.2. The molecule has 0 unspecified atom stereocenters. The number of carboxylic acid groups (broad SMARTS) is 1. The van der Waals surface area contributed by atoms with Gasteiger partial charge in [-0.15, -0.1) is 40.8 Å². The number of halogens is 15. The average molecular weight is 1940 g/mol.